The zero-order chi connectivity index (χ0) is 16.2. The highest BCUT2D eigenvalue weighted by atomic mass is 16.5. The molecule has 0 aliphatic carbocycles. The Balaban J connectivity index is 2.10. The van der Waals surface area contributed by atoms with Crippen LogP contribution >= 0.6 is 0 Å². The molecule has 1 aliphatic heterocycles. The molecule has 1 aromatic carbocycles. The minimum atomic E-state index is -0.586. The molecule has 1 heterocycles. The van der Waals surface area contributed by atoms with Crippen LogP contribution < -0.4 is 0 Å². The summed E-state index contributed by atoms with van der Waals surface area (Å²) in [5.41, 5.74) is 0.413. The normalized spacial score (nSPS) is 18.9. The second-order valence-corrected chi connectivity index (χ2v) is 6.33. The standard InChI is InChI=1S/C18H25NO3/c1-4-22-16(20)14-9-8-12-19(13-14)17(21)18(2,3)15-10-6-5-7-11-15/h5-7,10-11,14H,4,8-9,12-13H2,1-3H3/t14-/m1/s1. The Morgan fingerprint density at radius 2 is 1.95 bits per heavy atom. The summed E-state index contributed by atoms with van der Waals surface area (Å²) in [6.45, 7) is 7.26. The number of ether oxygens (including phenoxy) is 1. The van der Waals surface area contributed by atoms with Crippen molar-refractivity contribution in [2.24, 2.45) is 5.92 Å². The SMILES string of the molecule is CCOC(=O)[C@@H]1CCCN(C(=O)C(C)(C)c2ccccc2)C1. The van der Waals surface area contributed by atoms with E-state index in [9.17, 15) is 9.59 Å². The van der Waals surface area contributed by atoms with Gasteiger partial charge in [-0.3, -0.25) is 9.59 Å². The molecule has 0 bridgehead atoms. The van der Waals surface area contributed by atoms with Crippen LogP contribution in [0.3, 0.4) is 0 Å². The minimum absolute atomic E-state index is 0.0766. The van der Waals surface area contributed by atoms with Crippen LogP contribution in [0.4, 0.5) is 0 Å². The number of rotatable bonds is 4. The molecule has 1 fully saturated rings. The van der Waals surface area contributed by atoms with Crippen LogP contribution in [0.2, 0.25) is 0 Å². The maximum absolute atomic E-state index is 12.9. The van der Waals surface area contributed by atoms with E-state index in [4.69, 9.17) is 4.74 Å². The number of amides is 1. The smallest absolute Gasteiger partial charge is 0.310 e. The highest BCUT2D eigenvalue weighted by Gasteiger charge is 2.37. The van der Waals surface area contributed by atoms with Crippen molar-refractivity contribution in [3.63, 3.8) is 0 Å². The van der Waals surface area contributed by atoms with Crippen molar-refractivity contribution in [2.45, 2.75) is 39.0 Å². The van der Waals surface area contributed by atoms with Gasteiger partial charge < -0.3 is 9.64 Å². The zero-order valence-electron chi connectivity index (χ0n) is 13.7. The summed E-state index contributed by atoms with van der Waals surface area (Å²) in [6, 6.07) is 9.79. The van der Waals surface area contributed by atoms with Crippen LogP contribution in [0, 0.1) is 5.92 Å². The number of hydrogen-bond acceptors (Lipinski definition) is 3. The number of hydrogen-bond donors (Lipinski definition) is 0. The molecular weight excluding hydrogens is 278 g/mol. The first kappa shape index (κ1) is 16.5. The van der Waals surface area contributed by atoms with Gasteiger partial charge in [-0.25, -0.2) is 0 Å². The van der Waals surface area contributed by atoms with Gasteiger partial charge in [-0.2, -0.15) is 0 Å². The van der Waals surface area contributed by atoms with Crippen LogP contribution in [0.5, 0.6) is 0 Å². The average Bonchev–Trinajstić information content (AvgIpc) is 2.55. The lowest BCUT2D eigenvalue weighted by molar-refractivity contribution is -0.152. The topological polar surface area (TPSA) is 46.6 Å². The van der Waals surface area contributed by atoms with Crippen LogP contribution in [-0.4, -0.2) is 36.5 Å². The number of nitrogens with zero attached hydrogens (tertiary/aromatic N) is 1. The van der Waals surface area contributed by atoms with Gasteiger partial charge in [0.05, 0.1) is 17.9 Å². The van der Waals surface area contributed by atoms with Crippen molar-refractivity contribution in [3.8, 4) is 0 Å². The molecule has 4 nitrogen and oxygen atoms in total. The van der Waals surface area contributed by atoms with Gasteiger partial charge >= 0.3 is 5.97 Å². The van der Waals surface area contributed by atoms with Crippen molar-refractivity contribution in [3.05, 3.63) is 35.9 Å². The molecule has 22 heavy (non-hydrogen) atoms. The molecule has 0 N–H and O–H groups in total. The summed E-state index contributed by atoms with van der Waals surface area (Å²) in [7, 11) is 0. The van der Waals surface area contributed by atoms with Crippen LogP contribution in [0.25, 0.3) is 0 Å². The van der Waals surface area contributed by atoms with E-state index in [1.165, 1.54) is 0 Å². The van der Waals surface area contributed by atoms with E-state index < -0.39 is 5.41 Å². The van der Waals surface area contributed by atoms with Crippen molar-refractivity contribution in [2.75, 3.05) is 19.7 Å². The van der Waals surface area contributed by atoms with Gasteiger partial charge in [0.1, 0.15) is 0 Å². The van der Waals surface area contributed by atoms with Gasteiger partial charge in [0.2, 0.25) is 5.91 Å². The highest BCUT2D eigenvalue weighted by Crippen LogP contribution is 2.28. The van der Waals surface area contributed by atoms with Gasteiger partial charge in [-0.15, -0.1) is 0 Å². The molecule has 0 aromatic heterocycles. The van der Waals surface area contributed by atoms with E-state index in [1.807, 2.05) is 56.0 Å². The molecule has 0 saturated carbocycles. The predicted molar refractivity (Wildman–Crippen MR) is 85.4 cm³/mol. The Kier molecular flexibility index (Phi) is 5.22. The number of benzene rings is 1. The lowest BCUT2D eigenvalue weighted by atomic mass is 9.82. The van der Waals surface area contributed by atoms with E-state index >= 15 is 0 Å². The second kappa shape index (κ2) is 6.95. The van der Waals surface area contributed by atoms with E-state index in [1.54, 1.807) is 0 Å². The third-order valence-corrected chi connectivity index (χ3v) is 4.36. The van der Waals surface area contributed by atoms with E-state index in [0.717, 1.165) is 18.4 Å². The first-order valence-corrected chi connectivity index (χ1v) is 7.98. The first-order chi connectivity index (χ1) is 10.5. The fraction of sp³-hybridized carbons (Fsp3) is 0.556. The first-order valence-electron chi connectivity index (χ1n) is 7.98. The van der Waals surface area contributed by atoms with Crippen LogP contribution in [0.1, 0.15) is 39.2 Å². The fourth-order valence-electron chi connectivity index (χ4n) is 2.99. The molecule has 1 aliphatic rings. The summed E-state index contributed by atoms with van der Waals surface area (Å²) in [5.74, 6) is -0.297. The summed E-state index contributed by atoms with van der Waals surface area (Å²) < 4.78 is 5.10. The van der Waals surface area contributed by atoms with Crippen LogP contribution in [0.15, 0.2) is 30.3 Å². The number of carbonyl (C=O) groups excluding carboxylic acids is 2. The van der Waals surface area contributed by atoms with Crippen molar-refractivity contribution in [1.82, 2.24) is 4.90 Å². The molecular formula is C18H25NO3. The third-order valence-electron chi connectivity index (χ3n) is 4.36. The number of carbonyl (C=O) groups is 2. The predicted octanol–water partition coefficient (Wildman–Crippen LogP) is 2.77. The Morgan fingerprint density at radius 3 is 2.59 bits per heavy atom. The monoisotopic (exact) mass is 303 g/mol. The highest BCUT2D eigenvalue weighted by molar-refractivity contribution is 5.88. The quantitative estimate of drug-likeness (QED) is 0.804. The molecule has 1 atom stereocenters. The summed E-state index contributed by atoms with van der Waals surface area (Å²) in [4.78, 5) is 26.7. The molecule has 0 spiro atoms. The number of piperidine rings is 1. The van der Waals surface area contributed by atoms with E-state index in [-0.39, 0.29) is 17.8 Å². The molecule has 120 valence electrons. The number of likely N-dealkylation sites (tertiary alicyclic amines) is 1. The Morgan fingerprint density at radius 1 is 1.27 bits per heavy atom. The minimum Gasteiger partial charge on any atom is -0.466 e. The summed E-state index contributed by atoms with van der Waals surface area (Å²) in [6.07, 6.45) is 1.65. The van der Waals surface area contributed by atoms with Crippen molar-refractivity contribution < 1.29 is 14.3 Å². The Hall–Kier alpha value is -1.84. The van der Waals surface area contributed by atoms with Gasteiger partial charge in [-0.05, 0) is 39.2 Å². The maximum atomic E-state index is 12.9. The van der Waals surface area contributed by atoms with Gasteiger partial charge in [-0.1, -0.05) is 30.3 Å². The zero-order valence-corrected chi connectivity index (χ0v) is 13.7. The van der Waals surface area contributed by atoms with Crippen molar-refractivity contribution in [1.29, 1.82) is 0 Å². The number of esters is 1. The van der Waals surface area contributed by atoms with Gasteiger partial charge in [0.15, 0.2) is 0 Å². The fourth-order valence-corrected chi connectivity index (χ4v) is 2.99. The second-order valence-electron chi connectivity index (χ2n) is 6.33. The van der Waals surface area contributed by atoms with Gasteiger partial charge in [0, 0.05) is 13.1 Å². The van der Waals surface area contributed by atoms with Gasteiger partial charge in [0.25, 0.3) is 0 Å². The molecule has 0 radical (unpaired) electrons. The maximum Gasteiger partial charge on any atom is 0.310 e. The summed E-state index contributed by atoms with van der Waals surface area (Å²) >= 11 is 0. The molecule has 2 rings (SSSR count). The van der Waals surface area contributed by atoms with E-state index in [0.29, 0.717) is 19.7 Å². The molecule has 1 aromatic rings. The summed E-state index contributed by atoms with van der Waals surface area (Å²) in [5, 5.41) is 0. The third kappa shape index (κ3) is 3.49. The molecule has 1 saturated heterocycles. The Labute approximate surface area is 132 Å². The average molecular weight is 303 g/mol. The largest absolute Gasteiger partial charge is 0.466 e. The van der Waals surface area contributed by atoms with Crippen molar-refractivity contribution >= 4 is 11.9 Å². The lowest BCUT2D eigenvalue weighted by Crippen LogP contribution is -2.49. The Bertz CT molecular complexity index is 524. The van der Waals surface area contributed by atoms with Crippen LogP contribution in [-0.2, 0) is 19.7 Å². The lowest BCUT2D eigenvalue weighted by Gasteiger charge is -2.37. The molecule has 4 heteroatoms. The molecule has 1 amide bonds. The molecule has 0 unspecified atom stereocenters. The van der Waals surface area contributed by atoms with E-state index in [2.05, 4.69) is 0 Å².